The minimum atomic E-state index is -0.655. The lowest BCUT2D eigenvalue weighted by Crippen LogP contribution is -2.27. The van der Waals surface area contributed by atoms with Gasteiger partial charge in [-0.2, -0.15) is 0 Å². The van der Waals surface area contributed by atoms with Crippen LogP contribution in [0.15, 0.2) is 84.9 Å². The molecule has 1 atom stereocenters. The maximum Gasteiger partial charge on any atom is 0.262 e. The van der Waals surface area contributed by atoms with E-state index in [-0.39, 0.29) is 12.5 Å². The highest BCUT2D eigenvalue weighted by atomic mass is 16.5. The van der Waals surface area contributed by atoms with Crippen molar-refractivity contribution in [2.24, 2.45) is 0 Å². The van der Waals surface area contributed by atoms with E-state index in [0.29, 0.717) is 17.0 Å². The summed E-state index contributed by atoms with van der Waals surface area (Å²) < 4.78 is 5.41. The number of rotatable bonds is 7. The average Bonchev–Trinajstić information content (AvgIpc) is 2.75. The SMILES string of the molecule is O=C(COc1ccccc1)Nc1ccc(C(C(=O)NO)c2ccccc2)cc1. The van der Waals surface area contributed by atoms with Gasteiger partial charge in [0.2, 0.25) is 0 Å². The topological polar surface area (TPSA) is 87.7 Å². The molecule has 0 aliphatic carbocycles. The number of hydrogen-bond acceptors (Lipinski definition) is 4. The lowest BCUT2D eigenvalue weighted by atomic mass is 9.90. The van der Waals surface area contributed by atoms with E-state index in [1.807, 2.05) is 48.5 Å². The number of hydroxylamine groups is 1. The molecule has 0 aliphatic heterocycles. The summed E-state index contributed by atoms with van der Waals surface area (Å²) in [6.45, 7) is -0.106. The number of anilines is 1. The number of benzene rings is 3. The van der Waals surface area contributed by atoms with Gasteiger partial charge in [0.15, 0.2) is 6.61 Å². The second-order valence-electron chi connectivity index (χ2n) is 6.09. The van der Waals surface area contributed by atoms with Gasteiger partial charge in [0.1, 0.15) is 5.75 Å². The molecule has 0 fully saturated rings. The van der Waals surface area contributed by atoms with Crippen LogP contribution in [0, 0.1) is 0 Å². The standard InChI is InChI=1S/C22H20N2O4/c25-20(15-28-19-9-5-2-6-10-19)23-18-13-11-17(12-14-18)21(22(26)24-27)16-7-3-1-4-8-16/h1-14,21,27H,15H2,(H,23,25)(H,24,26). The fourth-order valence-corrected chi connectivity index (χ4v) is 2.83. The zero-order chi connectivity index (χ0) is 19.8. The van der Waals surface area contributed by atoms with Crippen LogP contribution in [0.5, 0.6) is 5.75 Å². The summed E-state index contributed by atoms with van der Waals surface area (Å²) in [7, 11) is 0. The number of para-hydroxylation sites is 1. The summed E-state index contributed by atoms with van der Waals surface area (Å²) >= 11 is 0. The van der Waals surface area contributed by atoms with Crippen LogP contribution in [0.3, 0.4) is 0 Å². The average molecular weight is 376 g/mol. The fourth-order valence-electron chi connectivity index (χ4n) is 2.83. The Morgan fingerprint density at radius 1 is 0.821 bits per heavy atom. The first-order valence-electron chi connectivity index (χ1n) is 8.74. The zero-order valence-electron chi connectivity index (χ0n) is 15.0. The van der Waals surface area contributed by atoms with Crippen molar-refractivity contribution in [1.82, 2.24) is 5.48 Å². The van der Waals surface area contributed by atoms with Gasteiger partial charge < -0.3 is 10.1 Å². The fraction of sp³-hybridized carbons (Fsp3) is 0.0909. The number of ether oxygens (including phenoxy) is 1. The first kappa shape index (κ1) is 19.1. The molecule has 0 aromatic heterocycles. The molecule has 0 saturated heterocycles. The molecule has 142 valence electrons. The van der Waals surface area contributed by atoms with Crippen LogP contribution in [-0.4, -0.2) is 23.6 Å². The Kier molecular flexibility index (Phi) is 6.38. The summed E-state index contributed by atoms with van der Waals surface area (Å²) in [4.78, 5) is 24.2. The molecule has 0 radical (unpaired) electrons. The van der Waals surface area contributed by atoms with Crippen molar-refractivity contribution >= 4 is 17.5 Å². The second kappa shape index (κ2) is 9.34. The highest BCUT2D eigenvalue weighted by molar-refractivity contribution is 5.92. The van der Waals surface area contributed by atoms with Crippen LogP contribution >= 0.6 is 0 Å². The molecule has 0 bridgehead atoms. The smallest absolute Gasteiger partial charge is 0.262 e. The van der Waals surface area contributed by atoms with Crippen molar-refractivity contribution in [2.75, 3.05) is 11.9 Å². The van der Waals surface area contributed by atoms with Gasteiger partial charge in [0.05, 0.1) is 5.92 Å². The largest absolute Gasteiger partial charge is 0.484 e. The molecule has 0 heterocycles. The quantitative estimate of drug-likeness (QED) is 0.436. The molecule has 3 N–H and O–H groups in total. The summed E-state index contributed by atoms with van der Waals surface area (Å²) in [6.07, 6.45) is 0. The third kappa shape index (κ3) is 4.96. The normalized spacial score (nSPS) is 11.3. The van der Waals surface area contributed by atoms with Crippen molar-refractivity contribution < 1.29 is 19.5 Å². The highest BCUT2D eigenvalue weighted by Crippen LogP contribution is 2.26. The summed E-state index contributed by atoms with van der Waals surface area (Å²) in [6, 6.07) is 25.1. The van der Waals surface area contributed by atoms with Crippen LogP contribution in [0.4, 0.5) is 5.69 Å². The van der Waals surface area contributed by atoms with Crippen molar-refractivity contribution in [3.8, 4) is 5.75 Å². The van der Waals surface area contributed by atoms with Gasteiger partial charge in [-0.3, -0.25) is 14.8 Å². The van der Waals surface area contributed by atoms with Gasteiger partial charge in [-0.25, -0.2) is 5.48 Å². The first-order valence-corrected chi connectivity index (χ1v) is 8.74. The monoisotopic (exact) mass is 376 g/mol. The van der Waals surface area contributed by atoms with Crippen LogP contribution in [0.2, 0.25) is 0 Å². The number of nitrogens with one attached hydrogen (secondary N) is 2. The first-order chi connectivity index (χ1) is 13.7. The number of carbonyl (C=O) groups is 2. The number of carbonyl (C=O) groups excluding carboxylic acids is 2. The van der Waals surface area contributed by atoms with E-state index in [1.165, 1.54) is 0 Å². The van der Waals surface area contributed by atoms with Gasteiger partial charge in [-0.1, -0.05) is 60.7 Å². The molecule has 3 aromatic carbocycles. The van der Waals surface area contributed by atoms with E-state index in [4.69, 9.17) is 9.94 Å². The molecule has 3 aromatic rings. The Morgan fingerprint density at radius 3 is 2.00 bits per heavy atom. The molecule has 28 heavy (non-hydrogen) atoms. The van der Waals surface area contributed by atoms with E-state index in [1.54, 1.807) is 41.9 Å². The van der Waals surface area contributed by atoms with E-state index < -0.39 is 11.8 Å². The predicted molar refractivity (Wildman–Crippen MR) is 105 cm³/mol. The van der Waals surface area contributed by atoms with Crippen molar-refractivity contribution in [2.45, 2.75) is 5.92 Å². The molecule has 2 amide bonds. The van der Waals surface area contributed by atoms with Crippen LogP contribution in [-0.2, 0) is 9.59 Å². The van der Waals surface area contributed by atoms with Gasteiger partial charge in [-0.15, -0.1) is 0 Å². The van der Waals surface area contributed by atoms with Gasteiger partial charge in [0, 0.05) is 5.69 Å². The Labute approximate surface area is 162 Å². The summed E-state index contributed by atoms with van der Waals surface area (Å²) in [5.41, 5.74) is 3.74. The Hall–Kier alpha value is -3.64. The van der Waals surface area contributed by atoms with Gasteiger partial charge in [0.25, 0.3) is 11.8 Å². The lowest BCUT2D eigenvalue weighted by Gasteiger charge is -2.16. The lowest BCUT2D eigenvalue weighted by molar-refractivity contribution is -0.129. The Morgan fingerprint density at radius 2 is 1.39 bits per heavy atom. The second-order valence-corrected chi connectivity index (χ2v) is 6.09. The predicted octanol–water partition coefficient (Wildman–Crippen LogP) is 3.34. The zero-order valence-corrected chi connectivity index (χ0v) is 15.0. The minimum Gasteiger partial charge on any atom is -0.484 e. The maximum atomic E-state index is 12.1. The minimum absolute atomic E-state index is 0.106. The summed E-state index contributed by atoms with van der Waals surface area (Å²) in [5.74, 6) is -0.852. The van der Waals surface area contributed by atoms with Crippen molar-refractivity contribution in [3.63, 3.8) is 0 Å². The molecule has 3 rings (SSSR count). The molecule has 6 nitrogen and oxygen atoms in total. The highest BCUT2D eigenvalue weighted by Gasteiger charge is 2.22. The molecule has 0 aliphatic rings. The van der Waals surface area contributed by atoms with E-state index in [0.717, 1.165) is 5.56 Å². The molecule has 6 heteroatoms. The summed E-state index contributed by atoms with van der Waals surface area (Å²) in [5, 5.41) is 11.8. The van der Waals surface area contributed by atoms with Gasteiger partial charge in [-0.05, 0) is 35.4 Å². The van der Waals surface area contributed by atoms with Gasteiger partial charge >= 0.3 is 0 Å². The van der Waals surface area contributed by atoms with E-state index in [9.17, 15) is 9.59 Å². The Balaban J connectivity index is 1.66. The van der Waals surface area contributed by atoms with E-state index >= 15 is 0 Å². The van der Waals surface area contributed by atoms with Crippen LogP contribution in [0.1, 0.15) is 17.0 Å². The van der Waals surface area contributed by atoms with Crippen LogP contribution < -0.4 is 15.5 Å². The number of amides is 2. The molecule has 0 spiro atoms. The van der Waals surface area contributed by atoms with Crippen molar-refractivity contribution in [3.05, 3.63) is 96.1 Å². The maximum absolute atomic E-state index is 12.1. The van der Waals surface area contributed by atoms with E-state index in [2.05, 4.69) is 5.32 Å². The molecule has 0 saturated carbocycles. The molecule has 1 unspecified atom stereocenters. The molecular formula is C22H20N2O4. The number of hydrogen-bond donors (Lipinski definition) is 3. The van der Waals surface area contributed by atoms with Crippen LogP contribution in [0.25, 0.3) is 0 Å². The van der Waals surface area contributed by atoms with Crippen molar-refractivity contribution in [1.29, 1.82) is 0 Å². The molecular weight excluding hydrogens is 356 g/mol. The third-order valence-electron chi connectivity index (χ3n) is 4.15. The Bertz CT molecular complexity index is 912. The third-order valence-corrected chi connectivity index (χ3v) is 4.15.